The third-order valence-corrected chi connectivity index (χ3v) is 4.38. The molecule has 130 valence electrons. The Bertz CT molecular complexity index is 893. The van der Waals surface area contributed by atoms with Gasteiger partial charge in [-0.1, -0.05) is 18.7 Å². The molecular weight excluding hydrogens is 318 g/mol. The molecule has 0 bridgehead atoms. The Morgan fingerprint density at radius 1 is 1.32 bits per heavy atom. The van der Waals surface area contributed by atoms with Crippen LogP contribution in [-0.2, 0) is 11.8 Å². The van der Waals surface area contributed by atoms with E-state index >= 15 is 0 Å². The van der Waals surface area contributed by atoms with Gasteiger partial charge in [0.15, 0.2) is 0 Å². The van der Waals surface area contributed by atoms with Crippen LogP contribution in [0, 0.1) is 6.92 Å². The normalized spacial score (nSPS) is 16.1. The second kappa shape index (κ2) is 6.59. The highest BCUT2D eigenvalue weighted by Crippen LogP contribution is 2.37. The van der Waals surface area contributed by atoms with Gasteiger partial charge in [0.1, 0.15) is 18.1 Å². The maximum Gasteiger partial charge on any atom is 0.312 e. The molecular formula is C20H21NO4. The van der Waals surface area contributed by atoms with Crippen LogP contribution in [-0.4, -0.2) is 17.1 Å². The summed E-state index contributed by atoms with van der Waals surface area (Å²) >= 11 is 0. The number of esters is 1. The second-order valence-electron chi connectivity index (χ2n) is 6.47. The fraction of sp³-hybridized carbons (Fsp3) is 0.300. The van der Waals surface area contributed by atoms with Crippen molar-refractivity contribution in [1.82, 2.24) is 4.57 Å². The number of hydrogen-bond donors (Lipinski definition) is 0. The fourth-order valence-electron chi connectivity index (χ4n) is 2.94. The lowest BCUT2D eigenvalue weighted by molar-refractivity contribution is -0.135. The van der Waals surface area contributed by atoms with Gasteiger partial charge in [0.2, 0.25) is 0 Å². The first-order valence-corrected chi connectivity index (χ1v) is 8.15. The smallest absolute Gasteiger partial charge is 0.312 e. The Kier molecular flexibility index (Phi) is 4.49. The summed E-state index contributed by atoms with van der Waals surface area (Å²) < 4.78 is 12.5. The molecule has 0 amide bonds. The summed E-state index contributed by atoms with van der Waals surface area (Å²) in [4.78, 5) is 24.7. The minimum atomic E-state index is -0.326. The molecule has 1 aromatic carbocycles. The highest BCUT2D eigenvalue weighted by atomic mass is 16.5. The third-order valence-electron chi connectivity index (χ3n) is 4.38. The fourth-order valence-corrected chi connectivity index (χ4v) is 2.94. The van der Waals surface area contributed by atoms with Crippen molar-refractivity contribution in [1.29, 1.82) is 0 Å². The average molecular weight is 339 g/mol. The molecule has 25 heavy (non-hydrogen) atoms. The van der Waals surface area contributed by atoms with E-state index in [2.05, 4.69) is 6.58 Å². The van der Waals surface area contributed by atoms with Crippen LogP contribution in [0.25, 0.3) is 0 Å². The molecule has 0 radical (unpaired) electrons. The molecule has 0 saturated heterocycles. The lowest BCUT2D eigenvalue weighted by Gasteiger charge is -2.25. The number of benzene rings is 1. The molecule has 3 rings (SSSR count). The Labute approximate surface area is 146 Å². The van der Waals surface area contributed by atoms with Crippen molar-refractivity contribution in [2.75, 3.05) is 6.61 Å². The van der Waals surface area contributed by atoms with Crippen LogP contribution in [0.4, 0.5) is 0 Å². The Morgan fingerprint density at radius 2 is 2.00 bits per heavy atom. The number of aromatic nitrogens is 1. The van der Waals surface area contributed by atoms with Crippen LogP contribution in [0.2, 0.25) is 0 Å². The van der Waals surface area contributed by atoms with Gasteiger partial charge >= 0.3 is 5.97 Å². The molecule has 2 aromatic rings. The summed E-state index contributed by atoms with van der Waals surface area (Å²) in [5.41, 5.74) is 2.98. The van der Waals surface area contributed by atoms with Crippen molar-refractivity contribution < 1.29 is 14.3 Å². The van der Waals surface area contributed by atoms with Gasteiger partial charge in [-0.25, -0.2) is 0 Å². The van der Waals surface area contributed by atoms with E-state index < -0.39 is 0 Å². The van der Waals surface area contributed by atoms with Crippen LogP contribution < -0.4 is 15.0 Å². The van der Waals surface area contributed by atoms with Crippen LogP contribution >= 0.6 is 0 Å². The van der Waals surface area contributed by atoms with Crippen molar-refractivity contribution in [2.45, 2.75) is 26.2 Å². The molecule has 5 nitrogen and oxygen atoms in total. The van der Waals surface area contributed by atoms with Crippen LogP contribution in [0.3, 0.4) is 0 Å². The van der Waals surface area contributed by atoms with Crippen LogP contribution in [0.5, 0.6) is 11.5 Å². The zero-order valence-electron chi connectivity index (χ0n) is 14.7. The molecule has 5 heteroatoms. The minimum absolute atomic E-state index is 0.130. The van der Waals surface area contributed by atoms with Crippen molar-refractivity contribution in [3.63, 3.8) is 0 Å². The summed E-state index contributed by atoms with van der Waals surface area (Å²) in [5, 5.41) is 0. The number of fused-ring (bicyclic) bond motifs is 1. The van der Waals surface area contributed by atoms with Crippen LogP contribution in [0.15, 0.2) is 47.3 Å². The summed E-state index contributed by atoms with van der Waals surface area (Å²) in [6.07, 6.45) is 0.150. The lowest BCUT2D eigenvalue weighted by atomic mass is 9.87. The molecule has 0 fully saturated rings. The number of rotatable bonds is 4. The van der Waals surface area contributed by atoms with Crippen molar-refractivity contribution in [3.8, 4) is 11.5 Å². The number of hydrogen-bond acceptors (Lipinski definition) is 4. The molecule has 1 aliphatic heterocycles. The minimum Gasteiger partial charge on any atom is -0.489 e. The van der Waals surface area contributed by atoms with E-state index in [9.17, 15) is 9.59 Å². The standard InChI is InChI=1S/C20H21NO4/c1-12(2)11-24-15-7-5-14(6-8-15)16-10-18(22)25-17-9-13(3)21(4)20(23)19(16)17/h5-9,16H,1,10-11H2,2-4H3. The molecule has 2 heterocycles. The molecule has 0 spiro atoms. The SMILES string of the molecule is C=C(C)COc1ccc(C2CC(=O)Oc3cc(C)n(C)c(=O)c32)cc1. The largest absolute Gasteiger partial charge is 0.489 e. The van der Waals surface area contributed by atoms with E-state index in [4.69, 9.17) is 9.47 Å². The van der Waals surface area contributed by atoms with Crippen LogP contribution in [0.1, 0.15) is 36.1 Å². The quantitative estimate of drug-likeness (QED) is 0.634. The summed E-state index contributed by atoms with van der Waals surface area (Å²) in [6, 6.07) is 9.21. The average Bonchev–Trinajstić information content (AvgIpc) is 2.57. The highest BCUT2D eigenvalue weighted by molar-refractivity contribution is 5.77. The molecule has 1 unspecified atom stereocenters. The molecule has 1 aliphatic rings. The zero-order chi connectivity index (χ0) is 18.1. The van der Waals surface area contributed by atoms with Crippen molar-refractivity contribution >= 4 is 5.97 Å². The highest BCUT2D eigenvalue weighted by Gasteiger charge is 2.32. The Hall–Kier alpha value is -2.82. The van der Waals surface area contributed by atoms with E-state index in [-0.39, 0.29) is 23.9 Å². The van der Waals surface area contributed by atoms with Gasteiger partial charge in [0, 0.05) is 24.7 Å². The van der Waals surface area contributed by atoms with E-state index in [1.165, 1.54) is 0 Å². The van der Waals surface area contributed by atoms with E-state index in [0.29, 0.717) is 17.9 Å². The van der Waals surface area contributed by atoms with Gasteiger partial charge in [0.05, 0.1) is 12.0 Å². The van der Waals surface area contributed by atoms with Gasteiger partial charge in [-0.3, -0.25) is 9.59 Å². The predicted octanol–water partition coefficient (Wildman–Crippen LogP) is 3.09. The van der Waals surface area contributed by atoms with Crippen molar-refractivity contribution in [3.05, 3.63) is 69.7 Å². The zero-order valence-corrected chi connectivity index (χ0v) is 14.7. The second-order valence-corrected chi connectivity index (χ2v) is 6.47. The maximum atomic E-state index is 12.7. The number of aryl methyl sites for hydroxylation is 1. The third kappa shape index (κ3) is 3.36. The number of ether oxygens (including phenoxy) is 2. The monoisotopic (exact) mass is 339 g/mol. The van der Waals surface area contributed by atoms with Gasteiger partial charge < -0.3 is 14.0 Å². The van der Waals surface area contributed by atoms with Crippen molar-refractivity contribution in [2.24, 2.45) is 7.05 Å². The maximum absolute atomic E-state index is 12.7. The Morgan fingerprint density at radius 3 is 2.64 bits per heavy atom. The molecule has 1 aromatic heterocycles. The summed E-state index contributed by atoms with van der Waals surface area (Å²) in [5.74, 6) is 0.449. The number of carbonyl (C=O) groups is 1. The van der Waals surface area contributed by atoms with Gasteiger partial charge in [-0.05, 0) is 37.1 Å². The molecule has 0 aliphatic carbocycles. The van der Waals surface area contributed by atoms with E-state index in [1.54, 1.807) is 17.7 Å². The molecule has 0 saturated carbocycles. The first kappa shape index (κ1) is 17.0. The van der Waals surface area contributed by atoms with E-state index in [0.717, 1.165) is 22.6 Å². The first-order valence-electron chi connectivity index (χ1n) is 8.15. The predicted molar refractivity (Wildman–Crippen MR) is 95.3 cm³/mol. The van der Waals surface area contributed by atoms with Gasteiger partial charge in [-0.2, -0.15) is 0 Å². The number of pyridine rings is 1. The Balaban J connectivity index is 1.99. The van der Waals surface area contributed by atoms with E-state index in [1.807, 2.05) is 38.1 Å². The number of nitrogens with zero attached hydrogens (tertiary/aromatic N) is 1. The topological polar surface area (TPSA) is 57.5 Å². The first-order chi connectivity index (χ1) is 11.9. The molecule has 1 atom stereocenters. The summed E-state index contributed by atoms with van der Waals surface area (Å²) in [7, 11) is 1.72. The number of carbonyl (C=O) groups excluding carboxylic acids is 1. The lowest BCUT2D eigenvalue weighted by Crippen LogP contribution is -2.31. The summed E-state index contributed by atoms with van der Waals surface area (Å²) in [6.45, 7) is 7.97. The molecule has 0 N–H and O–H groups in total. The van der Waals surface area contributed by atoms with Gasteiger partial charge in [0.25, 0.3) is 5.56 Å². The van der Waals surface area contributed by atoms with Gasteiger partial charge in [-0.15, -0.1) is 0 Å².